The molecular weight excluding hydrogens is 278 g/mol. The number of aryl methyl sites for hydroxylation is 1. The number of Topliss-reactive ketones (excluding diaryl/α,β-unsaturated/α-hetero) is 1. The average Bonchev–Trinajstić information content (AvgIpc) is 2.78. The summed E-state index contributed by atoms with van der Waals surface area (Å²) in [5.74, 6) is -0.291. The van der Waals surface area contributed by atoms with Crippen LogP contribution in [0.1, 0.15) is 31.4 Å². The summed E-state index contributed by atoms with van der Waals surface area (Å²) in [4.78, 5) is 35.7. The van der Waals surface area contributed by atoms with Crippen LogP contribution in [0.15, 0.2) is 36.4 Å². The van der Waals surface area contributed by atoms with Gasteiger partial charge in [-0.1, -0.05) is 38.1 Å². The van der Waals surface area contributed by atoms with Crippen molar-refractivity contribution in [1.29, 1.82) is 0 Å². The molecule has 1 aromatic rings. The summed E-state index contributed by atoms with van der Waals surface area (Å²) in [6.07, 6.45) is 4.41. The van der Waals surface area contributed by atoms with E-state index < -0.39 is 11.8 Å². The summed E-state index contributed by atoms with van der Waals surface area (Å²) in [5.41, 5.74) is 2.39. The number of imide groups is 1. The van der Waals surface area contributed by atoms with E-state index in [9.17, 15) is 14.4 Å². The zero-order valence-corrected chi connectivity index (χ0v) is 13.0. The van der Waals surface area contributed by atoms with Crippen LogP contribution in [0, 0.1) is 5.92 Å². The van der Waals surface area contributed by atoms with Gasteiger partial charge in [0.2, 0.25) is 0 Å². The van der Waals surface area contributed by atoms with Crippen molar-refractivity contribution in [2.75, 3.05) is 6.54 Å². The number of hydrogen-bond acceptors (Lipinski definition) is 3. The number of nitrogens with zero attached hydrogens (tertiary/aromatic N) is 1. The molecule has 1 aliphatic heterocycles. The molecule has 0 aliphatic carbocycles. The number of rotatable bonds is 7. The fraction of sp³-hybridized carbons (Fsp3) is 0.389. The van der Waals surface area contributed by atoms with E-state index in [1.54, 1.807) is 0 Å². The highest BCUT2D eigenvalue weighted by Gasteiger charge is 2.25. The molecule has 0 bridgehead atoms. The standard InChI is InChI=1S/C18H21NO3/c1-13(2)11-15-5-3-14(4-6-15)7-8-16(20)12-19-17(21)9-10-18(19)22/h3-6,9-10,13H,7-8,11-12H2,1-2H3. The van der Waals surface area contributed by atoms with E-state index in [0.29, 0.717) is 18.8 Å². The minimum Gasteiger partial charge on any atom is -0.298 e. The minimum atomic E-state index is -0.406. The van der Waals surface area contributed by atoms with Gasteiger partial charge in [0.05, 0.1) is 6.54 Å². The van der Waals surface area contributed by atoms with Crippen molar-refractivity contribution in [3.8, 4) is 0 Å². The first-order valence-electron chi connectivity index (χ1n) is 7.59. The van der Waals surface area contributed by atoms with Crippen LogP contribution in [-0.2, 0) is 27.2 Å². The molecule has 0 aromatic heterocycles. The van der Waals surface area contributed by atoms with E-state index in [1.165, 1.54) is 17.7 Å². The van der Waals surface area contributed by atoms with E-state index in [4.69, 9.17) is 0 Å². The fourth-order valence-electron chi connectivity index (χ4n) is 2.44. The summed E-state index contributed by atoms with van der Waals surface area (Å²) in [6.45, 7) is 4.24. The van der Waals surface area contributed by atoms with Gasteiger partial charge in [0.1, 0.15) is 0 Å². The number of hydrogen-bond donors (Lipinski definition) is 0. The highest BCUT2D eigenvalue weighted by atomic mass is 16.2. The van der Waals surface area contributed by atoms with Crippen LogP contribution in [0.4, 0.5) is 0 Å². The SMILES string of the molecule is CC(C)Cc1ccc(CCC(=O)CN2C(=O)C=CC2=O)cc1. The Bertz CT molecular complexity index is 581. The van der Waals surface area contributed by atoms with Crippen LogP contribution < -0.4 is 0 Å². The highest BCUT2D eigenvalue weighted by molar-refractivity contribution is 6.14. The molecule has 0 N–H and O–H groups in total. The van der Waals surface area contributed by atoms with E-state index in [-0.39, 0.29) is 12.3 Å². The van der Waals surface area contributed by atoms with Crippen molar-refractivity contribution in [3.05, 3.63) is 47.5 Å². The van der Waals surface area contributed by atoms with Crippen LogP contribution >= 0.6 is 0 Å². The molecule has 0 atom stereocenters. The van der Waals surface area contributed by atoms with Crippen molar-refractivity contribution < 1.29 is 14.4 Å². The van der Waals surface area contributed by atoms with Gasteiger partial charge in [0.15, 0.2) is 5.78 Å². The first-order valence-corrected chi connectivity index (χ1v) is 7.59. The molecule has 0 saturated heterocycles. The maximum Gasteiger partial charge on any atom is 0.254 e. The quantitative estimate of drug-likeness (QED) is 0.726. The van der Waals surface area contributed by atoms with E-state index >= 15 is 0 Å². The summed E-state index contributed by atoms with van der Waals surface area (Å²) in [7, 11) is 0. The number of carbonyl (C=O) groups excluding carboxylic acids is 3. The second-order valence-corrected chi connectivity index (χ2v) is 6.05. The third kappa shape index (κ3) is 4.38. The van der Waals surface area contributed by atoms with Gasteiger partial charge in [-0.25, -0.2) is 0 Å². The summed E-state index contributed by atoms with van der Waals surface area (Å²) >= 11 is 0. The second-order valence-electron chi connectivity index (χ2n) is 6.05. The highest BCUT2D eigenvalue weighted by Crippen LogP contribution is 2.12. The Balaban J connectivity index is 1.81. The van der Waals surface area contributed by atoms with E-state index in [0.717, 1.165) is 16.9 Å². The van der Waals surface area contributed by atoms with Crippen LogP contribution in [-0.4, -0.2) is 29.0 Å². The molecule has 0 radical (unpaired) electrons. The Kier molecular flexibility index (Phi) is 5.26. The molecule has 0 saturated carbocycles. The lowest BCUT2D eigenvalue weighted by molar-refractivity contribution is -0.140. The zero-order valence-electron chi connectivity index (χ0n) is 13.0. The number of carbonyl (C=O) groups is 3. The molecule has 116 valence electrons. The van der Waals surface area contributed by atoms with Crippen LogP contribution in [0.5, 0.6) is 0 Å². The molecule has 2 amide bonds. The summed E-state index contributed by atoms with van der Waals surface area (Å²) in [5, 5.41) is 0. The van der Waals surface area contributed by atoms with Gasteiger partial charge in [0, 0.05) is 18.6 Å². The zero-order chi connectivity index (χ0) is 16.1. The number of benzene rings is 1. The lowest BCUT2D eigenvalue weighted by Gasteiger charge is -2.12. The molecule has 1 heterocycles. The third-order valence-corrected chi connectivity index (χ3v) is 3.59. The minimum absolute atomic E-state index is 0.100. The van der Waals surface area contributed by atoms with E-state index in [1.807, 2.05) is 12.1 Å². The molecule has 2 rings (SSSR count). The summed E-state index contributed by atoms with van der Waals surface area (Å²) < 4.78 is 0. The smallest absolute Gasteiger partial charge is 0.254 e. The van der Waals surface area contributed by atoms with Crippen LogP contribution in [0.25, 0.3) is 0 Å². The molecule has 4 heteroatoms. The molecule has 1 aromatic carbocycles. The Morgan fingerprint density at radius 2 is 1.55 bits per heavy atom. The van der Waals surface area contributed by atoms with Crippen molar-refractivity contribution >= 4 is 17.6 Å². The topological polar surface area (TPSA) is 54.5 Å². The molecule has 0 fully saturated rings. The number of amides is 2. The lowest BCUT2D eigenvalue weighted by Crippen LogP contribution is -2.35. The van der Waals surface area contributed by atoms with Crippen LogP contribution in [0.2, 0.25) is 0 Å². The molecule has 0 unspecified atom stereocenters. The maximum atomic E-state index is 11.9. The van der Waals surface area contributed by atoms with Gasteiger partial charge in [-0.3, -0.25) is 19.3 Å². The average molecular weight is 299 g/mol. The van der Waals surface area contributed by atoms with Crippen LogP contribution in [0.3, 0.4) is 0 Å². The third-order valence-electron chi connectivity index (χ3n) is 3.59. The maximum absolute atomic E-state index is 11.9. The summed E-state index contributed by atoms with van der Waals surface area (Å²) in [6, 6.07) is 8.27. The molecule has 0 spiro atoms. The molecule has 22 heavy (non-hydrogen) atoms. The first kappa shape index (κ1) is 16.1. The molecule has 1 aliphatic rings. The fourth-order valence-corrected chi connectivity index (χ4v) is 2.44. The van der Waals surface area contributed by atoms with Gasteiger partial charge >= 0.3 is 0 Å². The van der Waals surface area contributed by atoms with Gasteiger partial charge in [-0.05, 0) is 29.9 Å². The Morgan fingerprint density at radius 1 is 1.00 bits per heavy atom. The largest absolute Gasteiger partial charge is 0.298 e. The first-order chi connectivity index (χ1) is 10.5. The Morgan fingerprint density at radius 3 is 2.09 bits per heavy atom. The lowest BCUT2D eigenvalue weighted by atomic mass is 10.00. The van der Waals surface area contributed by atoms with Crippen molar-refractivity contribution in [2.45, 2.75) is 33.1 Å². The van der Waals surface area contributed by atoms with Gasteiger partial charge in [0.25, 0.3) is 11.8 Å². The van der Waals surface area contributed by atoms with Crippen molar-refractivity contribution in [1.82, 2.24) is 4.90 Å². The van der Waals surface area contributed by atoms with Gasteiger partial charge in [-0.2, -0.15) is 0 Å². The second kappa shape index (κ2) is 7.16. The molecular formula is C18H21NO3. The normalized spacial score (nSPS) is 14.2. The monoisotopic (exact) mass is 299 g/mol. The molecule has 4 nitrogen and oxygen atoms in total. The predicted octanol–water partition coefficient (Wildman–Crippen LogP) is 2.31. The Labute approximate surface area is 130 Å². The predicted molar refractivity (Wildman–Crippen MR) is 84.2 cm³/mol. The van der Waals surface area contributed by atoms with Gasteiger partial charge < -0.3 is 0 Å². The Hall–Kier alpha value is -2.23. The van der Waals surface area contributed by atoms with Crippen molar-refractivity contribution in [2.24, 2.45) is 5.92 Å². The van der Waals surface area contributed by atoms with E-state index in [2.05, 4.69) is 26.0 Å². The van der Waals surface area contributed by atoms with Crippen molar-refractivity contribution in [3.63, 3.8) is 0 Å². The van der Waals surface area contributed by atoms with Gasteiger partial charge in [-0.15, -0.1) is 0 Å². The number of ketones is 1.